The first-order chi connectivity index (χ1) is 17.4. The normalized spacial score (nSPS) is 11.5. The third-order valence-corrected chi connectivity index (χ3v) is 4.94. The van der Waals surface area contributed by atoms with E-state index in [9.17, 15) is 31.5 Å². The van der Waals surface area contributed by atoms with E-state index in [1.807, 2.05) is 0 Å². The molecule has 0 saturated heterocycles. The minimum absolute atomic E-state index is 0.0379. The van der Waals surface area contributed by atoms with E-state index in [2.05, 4.69) is 25.4 Å². The topological polar surface area (TPSA) is 121 Å². The van der Waals surface area contributed by atoms with Crippen LogP contribution in [0, 0.1) is 25.5 Å². The summed E-state index contributed by atoms with van der Waals surface area (Å²) in [6, 6.07) is 5.29. The average Bonchev–Trinajstić information content (AvgIpc) is 3.13. The van der Waals surface area contributed by atoms with Crippen LogP contribution in [0.5, 0.6) is 5.75 Å². The maximum absolute atomic E-state index is 14.5. The first kappa shape index (κ1) is 25.4. The van der Waals surface area contributed by atoms with E-state index in [0.717, 1.165) is 12.3 Å². The Labute approximate surface area is 203 Å². The van der Waals surface area contributed by atoms with Crippen molar-refractivity contribution >= 4 is 40.2 Å². The highest BCUT2D eigenvalue weighted by Gasteiger charge is 2.42. The molecule has 2 N–H and O–H groups in total. The molecule has 0 aliphatic heterocycles. The predicted molar refractivity (Wildman–Crippen MR) is 119 cm³/mol. The zero-order valence-electron chi connectivity index (χ0n) is 19.2. The Balaban J connectivity index is 1.67. The van der Waals surface area contributed by atoms with Crippen LogP contribution in [-0.4, -0.2) is 34.0 Å². The Morgan fingerprint density at radius 3 is 2.41 bits per heavy atom. The summed E-state index contributed by atoms with van der Waals surface area (Å²) in [5.41, 5.74) is 0.442. The summed E-state index contributed by atoms with van der Waals surface area (Å²) in [5, 5.41) is 5.41. The molecule has 0 atom stereocenters. The third kappa shape index (κ3) is 5.14. The summed E-state index contributed by atoms with van der Waals surface area (Å²) in [5.74, 6) is -5.95. The lowest BCUT2D eigenvalue weighted by Gasteiger charge is -2.12. The van der Waals surface area contributed by atoms with E-state index in [4.69, 9.17) is 9.15 Å². The van der Waals surface area contributed by atoms with Crippen LogP contribution in [0.15, 0.2) is 39.7 Å². The molecule has 0 amide bonds. The molecule has 2 heterocycles. The molecule has 0 aliphatic carbocycles. The Hall–Kier alpha value is -4.69. The highest BCUT2D eigenvalue weighted by molar-refractivity contribution is 5.83. The van der Waals surface area contributed by atoms with Gasteiger partial charge in [-0.25, -0.2) is 23.4 Å². The van der Waals surface area contributed by atoms with Gasteiger partial charge in [-0.1, -0.05) is 4.73 Å². The lowest BCUT2D eigenvalue weighted by atomic mass is 10.2. The molecule has 2 aromatic carbocycles. The number of nitrogens with zero attached hydrogens (tertiary/aromatic N) is 3. The van der Waals surface area contributed by atoms with Gasteiger partial charge >= 0.3 is 17.9 Å². The molecule has 0 aliphatic rings. The van der Waals surface area contributed by atoms with Crippen LogP contribution < -0.4 is 26.0 Å². The van der Waals surface area contributed by atoms with Gasteiger partial charge in [0.25, 0.3) is 0 Å². The quantitative estimate of drug-likeness (QED) is 0.355. The van der Waals surface area contributed by atoms with Crippen molar-refractivity contribution in [1.82, 2.24) is 14.7 Å². The van der Waals surface area contributed by atoms with E-state index >= 15 is 0 Å². The van der Waals surface area contributed by atoms with Gasteiger partial charge in [-0.15, -0.1) is 0 Å². The van der Waals surface area contributed by atoms with E-state index in [-0.39, 0.29) is 50.2 Å². The van der Waals surface area contributed by atoms with Gasteiger partial charge in [0.2, 0.25) is 5.95 Å². The third-order valence-electron chi connectivity index (χ3n) is 4.94. The largest absolute Gasteiger partial charge is 0.494 e. The van der Waals surface area contributed by atoms with Crippen LogP contribution in [-0.2, 0) is 4.79 Å². The number of benzene rings is 2. The number of aryl methyl sites for hydroxylation is 2. The number of carbonyl (C=O) groups excluding carboxylic acids is 1. The zero-order chi connectivity index (χ0) is 27.1. The van der Waals surface area contributed by atoms with Crippen LogP contribution in [0.2, 0.25) is 0 Å². The van der Waals surface area contributed by atoms with Gasteiger partial charge in [-0.2, -0.15) is 18.2 Å². The minimum Gasteiger partial charge on any atom is -0.494 e. The molecule has 0 unspecified atom stereocenters. The molecule has 0 spiro atoms. The fourth-order valence-electron chi connectivity index (χ4n) is 3.30. The highest BCUT2D eigenvalue weighted by atomic mass is 19.4. The molecule has 0 bridgehead atoms. The number of nitrogens with one attached hydrogen (secondary N) is 2. The second-order valence-electron chi connectivity index (χ2n) is 7.63. The molecular formula is C22H16F5N5O5. The molecule has 194 valence electrons. The Bertz CT molecular complexity index is 1580. The van der Waals surface area contributed by atoms with Gasteiger partial charge in [0.15, 0.2) is 28.8 Å². The number of alkyl halides is 3. The monoisotopic (exact) mass is 525 g/mol. The molecule has 0 radical (unpaired) electrons. The Kier molecular flexibility index (Phi) is 6.46. The van der Waals surface area contributed by atoms with Crippen molar-refractivity contribution in [1.29, 1.82) is 0 Å². The van der Waals surface area contributed by atoms with Crippen molar-refractivity contribution in [2.24, 2.45) is 0 Å². The molecule has 10 nitrogen and oxygen atoms in total. The van der Waals surface area contributed by atoms with Gasteiger partial charge < -0.3 is 24.6 Å². The average molecular weight is 525 g/mol. The fraction of sp³-hybridized carbons (Fsp3) is 0.182. The summed E-state index contributed by atoms with van der Waals surface area (Å²) in [6.07, 6.45) is -4.52. The van der Waals surface area contributed by atoms with Crippen LogP contribution in [0.4, 0.5) is 45.1 Å². The number of oxazole rings is 1. The van der Waals surface area contributed by atoms with Crippen LogP contribution >= 0.6 is 0 Å². The second-order valence-corrected chi connectivity index (χ2v) is 7.63. The van der Waals surface area contributed by atoms with Gasteiger partial charge in [0.1, 0.15) is 5.52 Å². The molecule has 37 heavy (non-hydrogen) atoms. The van der Waals surface area contributed by atoms with Crippen molar-refractivity contribution in [3.05, 3.63) is 63.8 Å². The molecule has 4 rings (SSSR count). The maximum atomic E-state index is 14.5. The smallest absolute Gasteiger partial charge is 0.493 e. The summed E-state index contributed by atoms with van der Waals surface area (Å²) in [7, 11) is 1.29. The van der Waals surface area contributed by atoms with E-state index < -0.39 is 29.5 Å². The number of hydrogen-bond acceptors (Lipinski definition) is 9. The molecule has 0 saturated carbocycles. The number of methoxy groups -OCH3 is 1. The summed E-state index contributed by atoms with van der Waals surface area (Å²) in [6.45, 7) is 2.97. The van der Waals surface area contributed by atoms with E-state index in [1.165, 1.54) is 39.2 Å². The minimum atomic E-state index is -5.37. The number of anilines is 4. The highest BCUT2D eigenvalue weighted by Crippen LogP contribution is 2.29. The maximum Gasteiger partial charge on any atom is 0.493 e. The number of ether oxygens (including phenoxy) is 1. The SMILES string of the molecule is COc1cc(Nc2ncc(F)c(Nc3cc(C)c4oc(=O)n(OC(=O)C(F)(F)F)c4c3)n2)cc(C)c1F. The molecular weight excluding hydrogens is 509 g/mol. The number of fused-ring (bicyclic) bond motifs is 1. The number of hydrogen-bond donors (Lipinski definition) is 2. The van der Waals surface area contributed by atoms with Crippen LogP contribution in [0.3, 0.4) is 0 Å². The fourth-order valence-corrected chi connectivity index (χ4v) is 3.30. The number of carbonyl (C=O) groups is 1. The first-order valence-corrected chi connectivity index (χ1v) is 10.2. The van der Waals surface area contributed by atoms with Crippen molar-refractivity contribution in [2.75, 3.05) is 17.7 Å². The van der Waals surface area contributed by atoms with Crippen molar-refractivity contribution in [2.45, 2.75) is 20.0 Å². The van der Waals surface area contributed by atoms with Gasteiger partial charge in [-0.05, 0) is 43.2 Å². The van der Waals surface area contributed by atoms with Gasteiger partial charge in [0.05, 0.1) is 13.3 Å². The Morgan fingerprint density at radius 2 is 1.73 bits per heavy atom. The van der Waals surface area contributed by atoms with Crippen molar-refractivity contribution in [3.8, 4) is 5.75 Å². The Morgan fingerprint density at radius 1 is 1.05 bits per heavy atom. The predicted octanol–water partition coefficient (Wildman–Crippen LogP) is 4.29. The standard InChI is InChI=1S/C22H16F5N5O5/c1-9-4-12(7-15(35-3)16(9)24)30-20-28-8-13(23)18(31-20)29-11-5-10(2)17-14(6-11)32(21(34)36-17)37-19(33)22(25,26)27/h4-8H,1-3H3,(H2,28,29,30,31). The van der Waals surface area contributed by atoms with Crippen LogP contribution in [0.25, 0.3) is 11.1 Å². The molecule has 2 aromatic heterocycles. The van der Waals surface area contributed by atoms with Crippen molar-refractivity contribution in [3.63, 3.8) is 0 Å². The molecule has 4 aromatic rings. The molecule has 15 heteroatoms. The number of aromatic nitrogens is 3. The van der Waals surface area contributed by atoms with Crippen LogP contribution in [0.1, 0.15) is 11.1 Å². The zero-order valence-corrected chi connectivity index (χ0v) is 19.2. The van der Waals surface area contributed by atoms with E-state index in [0.29, 0.717) is 5.69 Å². The summed E-state index contributed by atoms with van der Waals surface area (Å²) >= 11 is 0. The summed E-state index contributed by atoms with van der Waals surface area (Å²) < 4.78 is 76.3. The molecule has 0 fully saturated rings. The first-order valence-electron chi connectivity index (χ1n) is 10.2. The summed E-state index contributed by atoms with van der Waals surface area (Å²) in [4.78, 5) is 35.2. The van der Waals surface area contributed by atoms with Crippen molar-refractivity contribution < 1.29 is 40.7 Å². The lowest BCUT2D eigenvalue weighted by Crippen LogP contribution is -2.36. The number of halogens is 5. The second kappa shape index (κ2) is 9.40. The lowest BCUT2D eigenvalue weighted by molar-refractivity contribution is -0.200. The van der Waals surface area contributed by atoms with E-state index in [1.54, 1.807) is 0 Å². The van der Waals surface area contributed by atoms with Gasteiger partial charge in [0, 0.05) is 17.4 Å². The number of rotatable bonds is 6. The van der Waals surface area contributed by atoms with Gasteiger partial charge in [-0.3, -0.25) is 0 Å².